The fourth-order valence-corrected chi connectivity index (χ4v) is 5.71. The van der Waals surface area contributed by atoms with E-state index in [2.05, 4.69) is 10.2 Å². The fourth-order valence-electron chi connectivity index (χ4n) is 4.07. The second kappa shape index (κ2) is 8.68. The normalized spacial score (nSPS) is 14.9. The molecule has 1 aliphatic rings. The van der Waals surface area contributed by atoms with E-state index in [0.717, 1.165) is 23.6 Å². The number of hydrogen-bond acceptors (Lipinski definition) is 5. The predicted molar refractivity (Wildman–Crippen MR) is 119 cm³/mol. The van der Waals surface area contributed by atoms with Gasteiger partial charge in [-0.2, -0.15) is 3.97 Å². The molecule has 1 aliphatic heterocycles. The smallest absolute Gasteiger partial charge is 0.343 e. The van der Waals surface area contributed by atoms with Crippen molar-refractivity contribution in [3.63, 3.8) is 0 Å². The molecule has 2 aromatic carbocycles. The number of carbonyl (C=O) groups excluding carboxylic acids is 1. The molecule has 9 heteroatoms. The van der Waals surface area contributed by atoms with Gasteiger partial charge in [-0.3, -0.25) is 9.36 Å². The van der Waals surface area contributed by atoms with Gasteiger partial charge in [0, 0.05) is 13.1 Å². The maximum atomic E-state index is 13.4. The van der Waals surface area contributed by atoms with Gasteiger partial charge >= 0.3 is 5.69 Å². The van der Waals surface area contributed by atoms with E-state index in [4.69, 9.17) is 0 Å². The third kappa shape index (κ3) is 4.15. The van der Waals surface area contributed by atoms with Crippen molar-refractivity contribution in [2.24, 2.45) is 0 Å². The van der Waals surface area contributed by atoms with E-state index >= 15 is 0 Å². The van der Waals surface area contributed by atoms with Crippen LogP contribution < -0.4 is 11.0 Å². The van der Waals surface area contributed by atoms with Crippen LogP contribution in [0, 0.1) is 6.92 Å². The summed E-state index contributed by atoms with van der Waals surface area (Å²) in [6, 6.07) is 13.1. The lowest BCUT2D eigenvalue weighted by Crippen LogP contribution is -2.38. The topological polar surface area (TPSA) is 93.4 Å². The molecule has 0 unspecified atom stereocenters. The molecule has 4 rings (SSSR count). The van der Waals surface area contributed by atoms with Crippen molar-refractivity contribution < 1.29 is 13.2 Å². The summed E-state index contributed by atoms with van der Waals surface area (Å²) in [5.41, 5.74) is 0.449. The lowest BCUT2D eigenvalue weighted by molar-refractivity contribution is -0.121. The third-order valence-corrected chi connectivity index (χ3v) is 7.51. The van der Waals surface area contributed by atoms with Crippen molar-refractivity contribution in [3.05, 3.63) is 64.6 Å². The summed E-state index contributed by atoms with van der Waals surface area (Å²) < 4.78 is 28.7. The Kier molecular flexibility index (Phi) is 5.97. The average Bonchev–Trinajstić information content (AvgIpc) is 3.35. The van der Waals surface area contributed by atoms with Gasteiger partial charge in [0.05, 0.1) is 15.9 Å². The molecule has 0 saturated carbocycles. The van der Waals surface area contributed by atoms with Gasteiger partial charge in [0.25, 0.3) is 10.0 Å². The molecule has 164 valence electrons. The first kappa shape index (κ1) is 21.3. The van der Waals surface area contributed by atoms with Crippen LogP contribution in [0.3, 0.4) is 0 Å². The lowest BCUT2D eigenvalue weighted by atomic mass is 10.2. The molecule has 2 heterocycles. The van der Waals surface area contributed by atoms with E-state index in [-0.39, 0.29) is 22.9 Å². The molecule has 0 atom stereocenters. The Morgan fingerprint density at radius 2 is 1.65 bits per heavy atom. The van der Waals surface area contributed by atoms with Crippen LogP contribution in [0.2, 0.25) is 0 Å². The summed E-state index contributed by atoms with van der Waals surface area (Å²) in [7, 11) is -4.12. The van der Waals surface area contributed by atoms with Crippen LogP contribution in [0.25, 0.3) is 11.0 Å². The van der Waals surface area contributed by atoms with E-state index in [9.17, 15) is 18.0 Å². The van der Waals surface area contributed by atoms with E-state index in [1.165, 1.54) is 23.5 Å². The predicted octanol–water partition coefficient (Wildman–Crippen LogP) is 1.56. The van der Waals surface area contributed by atoms with Crippen LogP contribution in [0.5, 0.6) is 0 Å². The van der Waals surface area contributed by atoms with Crippen LogP contribution in [0.1, 0.15) is 18.4 Å². The Balaban J connectivity index is 1.65. The Morgan fingerprint density at radius 1 is 1.00 bits per heavy atom. The first-order valence-corrected chi connectivity index (χ1v) is 11.8. The highest BCUT2D eigenvalue weighted by atomic mass is 32.2. The molecule has 3 aromatic rings. The second-order valence-electron chi connectivity index (χ2n) is 7.79. The number of para-hydroxylation sites is 2. The summed E-state index contributed by atoms with van der Waals surface area (Å²) >= 11 is 0. The van der Waals surface area contributed by atoms with Gasteiger partial charge in [-0.05, 0) is 56.6 Å². The first-order chi connectivity index (χ1) is 14.9. The average molecular weight is 443 g/mol. The molecular formula is C22H26N4O4S. The standard InChI is InChI=1S/C22H26N4O4S/c1-17-8-2-5-11-20(17)31(29,30)26-19-10-4-3-9-18(19)25(22(26)28)16-21(27)23-12-15-24-13-6-7-14-24/h2-5,8-11H,6-7,12-16H2,1H3,(H,23,27). The number of fused-ring (bicyclic) bond motifs is 1. The lowest BCUT2D eigenvalue weighted by Gasteiger charge is -2.14. The number of nitrogens with one attached hydrogen (secondary N) is 1. The van der Waals surface area contributed by atoms with Gasteiger partial charge < -0.3 is 10.2 Å². The summed E-state index contributed by atoms with van der Waals surface area (Å²) in [4.78, 5) is 28.1. The highest BCUT2D eigenvalue weighted by Gasteiger charge is 2.27. The number of carbonyl (C=O) groups is 1. The molecule has 8 nitrogen and oxygen atoms in total. The molecular weight excluding hydrogens is 416 g/mol. The molecule has 0 aliphatic carbocycles. The van der Waals surface area contributed by atoms with Crippen molar-refractivity contribution in [2.45, 2.75) is 31.2 Å². The molecule has 1 saturated heterocycles. The van der Waals surface area contributed by atoms with Crippen molar-refractivity contribution >= 4 is 27.0 Å². The van der Waals surface area contributed by atoms with Gasteiger partial charge in [0.2, 0.25) is 5.91 Å². The van der Waals surface area contributed by atoms with Crippen LogP contribution in [-0.2, 0) is 21.4 Å². The number of aryl methyl sites for hydroxylation is 1. The van der Waals surface area contributed by atoms with Crippen molar-refractivity contribution in [3.8, 4) is 0 Å². The van der Waals surface area contributed by atoms with E-state index in [1.54, 1.807) is 49.4 Å². The highest BCUT2D eigenvalue weighted by Crippen LogP contribution is 2.22. The molecule has 1 amide bonds. The number of amides is 1. The summed E-state index contributed by atoms with van der Waals surface area (Å²) in [6.07, 6.45) is 2.36. The maximum absolute atomic E-state index is 13.4. The zero-order chi connectivity index (χ0) is 22.0. The molecule has 0 spiro atoms. The fraction of sp³-hybridized carbons (Fsp3) is 0.364. The van der Waals surface area contributed by atoms with E-state index < -0.39 is 15.7 Å². The van der Waals surface area contributed by atoms with Gasteiger partial charge in [0.15, 0.2) is 0 Å². The second-order valence-corrected chi connectivity index (χ2v) is 9.55. The van der Waals surface area contributed by atoms with E-state index in [0.29, 0.717) is 17.6 Å². The van der Waals surface area contributed by atoms with Crippen LogP contribution in [-0.4, -0.2) is 53.9 Å². The van der Waals surface area contributed by atoms with Gasteiger partial charge in [0.1, 0.15) is 6.54 Å². The zero-order valence-electron chi connectivity index (χ0n) is 17.5. The number of benzene rings is 2. The van der Waals surface area contributed by atoms with Gasteiger partial charge in [-0.25, -0.2) is 13.2 Å². The Labute approximate surface area is 181 Å². The Hall–Kier alpha value is -2.91. The zero-order valence-corrected chi connectivity index (χ0v) is 18.3. The highest BCUT2D eigenvalue weighted by molar-refractivity contribution is 7.90. The number of aromatic nitrogens is 2. The molecule has 1 aromatic heterocycles. The van der Waals surface area contributed by atoms with Gasteiger partial charge in [-0.1, -0.05) is 30.3 Å². The number of nitrogens with zero attached hydrogens (tertiary/aromatic N) is 3. The number of imidazole rings is 1. The summed E-state index contributed by atoms with van der Waals surface area (Å²) in [6.45, 7) is 4.79. The van der Waals surface area contributed by atoms with Gasteiger partial charge in [-0.15, -0.1) is 0 Å². The largest absolute Gasteiger partial charge is 0.353 e. The van der Waals surface area contributed by atoms with Crippen molar-refractivity contribution in [1.82, 2.24) is 18.8 Å². The molecule has 31 heavy (non-hydrogen) atoms. The molecule has 0 bridgehead atoms. The first-order valence-electron chi connectivity index (χ1n) is 10.4. The summed E-state index contributed by atoms with van der Waals surface area (Å²) in [5.74, 6) is -0.322. The number of likely N-dealkylation sites (tertiary alicyclic amines) is 1. The Morgan fingerprint density at radius 3 is 2.35 bits per heavy atom. The minimum atomic E-state index is -4.12. The van der Waals surface area contributed by atoms with Crippen molar-refractivity contribution in [1.29, 1.82) is 0 Å². The third-order valence-electron chi connectivity index (χ3n) is 5.66. The Bertz CT molecular complexity index is 1270. The molecule has 1 N–H and O–H groups in total. The van der Waals surface area contributed by atoms with Crippen LogP contribution in [0.15, 0.2) is 58.2 Å². The minimum absolute atomic E-state index is 0.0649. The van der Waals surface area contributed by atoms with Crippen molar-refractivity contribution in [2.75, 3.05) is 26.2 Å². The number of rotatable bonds is 7. The quantitative estimate of drug-likeness (QED) is 0.599. The maximum Gasteiger partial charge on any atom is 0.343 e. The van der Waals surface area contributed by atoms with Crippen LogP contribution in [0.4, 0.5) is 0 Å². The monoisotopic (exact) mass is 442 g/mol. The number of hydrogen-bond donors (Lipinski definition) is 1. The van der Waals surface area contributed by atoms with E-state index in [1.807, 2.05) is 0 Å². The summed E-state index contributed by atoms with van der Waals surface area (Å²) in [5, 5.41) is 2.84. The van der Waals surface area contributed by atoms with Crippen LogP contribution >= 0.6 is 0 Å². The minimum Gasteiger partial charge on any atom is -0.353 e. The SMILES string of the molecule is Cc1ccccc1S(=O)(=O)n1c(=O)n(CC(=O)NCCN2CCCC2)c2ccccc21. The molecule has 1 fully saturated rings. The molecule has 0 radical (unpaired) electrons.